The van der Waals surface area contributed by atoms with E-state index >= 15 is 0 Å². The first kappa shape index (κ1) is 17.2. The summed E-state index contributed by atoms with van der Waals surface area (Å²) in [5.74, 6) is -0.0367. The Hall–Kier alpha value is -2.58. The first-order valence-electron chi connectivity index (χ1n) is 8.35. The van der Waals surface area contributed by atoms with E-state index < -0.39 is 0 Å². The van der Waals surface area contributed by atoms with Gasteiger partial charge in [-0.1, -0.05) is 84.4 Å². The highest BCUT2D eigenvalue weighted by atomic mass is 35.5. The third-order valence-electron chi connectivity index (χ3n) is 4.12. The first-order valence-corrected chi connectivity index (χ1v) is 8.73. The average Bonchev–Trinajstić information content (AvgIpc) is 2.66. The molecule has 3 aromatic carbocycles. The van der Waals surface area contributed by atoms with Crippen LogP contribution in [0.3, 0.4) is 0 Å². The highest BCUT2D eigenvalue weighted by molar-refractivity contribution is 6.33. The fourth-order valence-electron chi connectivity index (χ4n) is 2.77. The molecule has 25 heavy (non-hydrogen) atoms. The van der Waals surface area contributed by atoms with Gasteiger partial charge in [-0.2, -0.15) is 0 Å². The molecule has 2 nitrogen and oxygen atoms in total. The number of nitrogens with zero attached hydrogens (tertiary/aromatic N) is 1. The van der Waals surface area contributed by atoms with E-state index in [4.69, 9.17) is 11.6 Å². The number of benzene rings is 3. The van der Waals surface area contributed by atoms with Gasteiger partial charge in [-0.15, -0.1) is 0 Å². The van der Waals surface area contributed by atoms with Crippen molar-refractivity contribution in [2.75, 3.05) is 6.54 Å². The first-order chi connectivity index (χ1) is 12.2. The van der Waals surface area contributed by atoms with Crippen molar-refractivity contribution in [3.8, 4) is 0 Å². The van der Waals surface area contributed by atoms with Gasteiger partial charge in [-0.25, -0.2) is 0 Å². The van der Waals surface area contributed by atoms with Crippen molar-refractivity contribution < 1.29 is 4.79 Å². The van der Waals surface area contributed by atoms with Crippen LogP contribution in [0.1, 0.15) is 21.5 Å². The van der Waals surface area contributed by atoms with Crippen molar-refractivity contribution in [1.29, 1.82) is 0 Å². The minimum atomic E-state index is -0.0367. The van der Waals surface area contributed by atoms with Crippen LogP contribution in [0.4, 0.5) is 0 Å². The molecule has 0 spiro atoms. The lowest BCUT2D eigenvalue weighted by Gasteiger charge is -2.23. The maximum absolute atomic E-state index is 13.0. The molecule has 0 fully saturated rings. The number of hydrogen-bond donors (Lipinski definition) is 0. The Kier molecular flexibility index (Phi) is 5.86. The van der Waals surface area contributed by atoms with E-state index in [-0.39, 0.29) is 5.91 Å². The van der Waals surface area contributed by atoms with Crippen LogP contribution in [0.2, 0.25) is 5.02 Å². The number of halogens is 1. The molecule has 126 valence electrons. The maximum Gasteiger partial charge on any atom is 0.255 e. The number of carbonyl (C=O) groups is 1. The number of carbonyl (C=O) groups excluding carboxylic acids is 1. The van der Waals surface area contributed by atoms with Crippen LogP contribution in [-0.2, 0) is 13.0 Å². The Balaban J connectivity index is 1.80. The summed E-state index contributed by atoms with van der Waals surface area (Å²) in [5.41, 5.74) is 2.87. The fraction of sp³-hybridized carbons (Fsp3) is 0.136. The standard InChI is InChI=1S/C22H20ClNO/c23-21-14-8-7-13-20(21)22(25)24(17-19-11-5-2-6-12-19)16-15-18-9-3-1-4-10-18/h1-14H,15-17H2. The van der Waals surface area contributed by atoms with Crippen LogP contribution in [0.25, 0.3) is 0 Å². The summed E-state index contributed by atoms with van der Waals surface area (Å²) < 4.78 is 0. The highest BCUT2D eigenvalue weighted by Crippen LogP contribution is 2.19. The minimum absolute atomic E-state index is 0.0367. The van der Waals surface area contributed by atoms with E-state index in [1.807, 2.05) is 65.6 Å². The van der Waals surface area contributed by atoms with Gasteiger partial charge in [0.1, 0.15) is 0 Å². The maximum atomic E-state index is 13.0. The monoisotopic (exact) mass is 349 g/mol. The van der Waals surface area contributed by atoms with Gasteiger partial charge in [0, 0.05) is 13.1 Å². The molecule has 0 aliphatic rings. The summed E-state index contributed by atoms with van der Waals surface area (Å²) in [4.78, 5) is 14.9. The van der Waals surface area contributed by atoms with E-state index in [1.165, 1.54) is 5.56 Å². The molecule has 3 heteroatoms. The number of amides is 1. The highest BCUT2D eigenvalue weighted by Gasteiger charge is 2.18. The normalized spacial score (nSPS) is 10.4. The van der Waals surface area contributed by atoms with Gasteiger partial charge in [0.2, 0.25) is 0 Å². The van der Waals surface area contributed by atoms with Gasteiger partial charge < -0.3 is 4.90 Å². The Bertz CT molecular complexity index is 818. The molecule has 0 saturated heterocycles. The number of rotatable bonds is 6. The molecule has 0 bridgehead atoms. The zero-order valence-electron chi connectivity index (χ0n) is 13.9. The van der Waals surface area contributed by atoms with Crippen molar-refractivity contribution in [2.24, 2.45) is 0 Å². The molecule has 0 unspecified atom stereocenters. The molecule has 0 aliphatic heterocycles. The van der Waals surface area contributed by atoms with Gasteiger partial charge in [0.05, 0.1) is 10.6 Å². The Labute approximate surface area is 153 Å². The Morgan fingerprint density at radius 2 is 1.32 bits per heavy atom. The molecule has 1 amide bonds. The third-order valence-corrected chi connectivity index (χ3v) is 4.45. The molecular weight excluding hydrogens is 330 g/mol. The Morgan fingerprint density at radius 1 is 0.760 bits per heavy atom. The lowest BCUT2D eigenvalue weighted by atomic mass is 10.1. The van der Waals surface area contributed by atoms with Crippen LogP contribution in [0.15, 0.2) is 84.9 Å². The number of hydrogen-bond acceptors (Lipinski definition) is 1. The molecule has 3 aromatic rings. The molecule has 0 heterocycles. The van der Waals surface area contributed by atoms with Crippen molar-refractivity contribution in [1.82, 2.24) is 4.90 Å². The van der Waals surface area contributed by atoms with E-state index in [0.29, 0.717) is 23.7 Å². The lowest BCUT2D eigenvalue weighted by molar-refractivity contribution is 0.0745. The molecule has 0 aromatic heterocycles. The van der Waals surface area contributed by atoms with Gasteiger partial charge in [0.15, 0.2) is 0 Å². The molecule has 3 rings (SSSR count). The predicted molar refractivity (Wildman–Crippen MR) is 103 cm³/mol. The zero-order valence-corrected chi connectivity index (χ0v) is 14.7. The largest absolute Gasteiger partial charge is 0.334 e. The zero-order chi connectivity index (χ0) is 17.5. The molecular formula is C22H20ClNO. The fourth-order valence-corrected chi connectivity index (χ4v) is 2.99. The average molecular weight is 350 g/mol. The summed E-state index contributed by atoms with van der Waals surface area (Å²) in [6.45, 7) is 1.21. The predicted octanol–water partition coefficient (Wildman–Crippen LogP) is 5.23. The van der Waals surface area contributed by atoms with Crippen LogP contribution in [-0.4, -0.2) is 17.4 Å². The van der Waals surface area contributed by atoms with Crippen molar-refractivity contribution >= 4 is 17.5 Å². The van der Waals surface area contributed by atoms with Crippen molar-refractivity contribution in [2.45, 2.75) is 13.0 Å². The SMILES string of the molecule is O=C(c1ccccc1Cl)N(CCc1ccccc1)Cc1ccccc1. The van der Waals surface area contributed by atoms with Crippen LogP contribution < -0.4 is 0 Å². The molecule has 0 N–H and O–H groups in total. The summed E-state index contributed by atoms with van der Waals surface area (Å²) in [6.07, 6.45) is 0.809. The quantitative estimate of drug-likeness (QED) is 0.597. The second-order valence-corrected chi connectivity index (χ2v) is 6.33. The smallest absolute Gasteiger partial charge is 0.255 e. The molecule has 0 saturated carbocycles. The van der Waals surface area contributed by atoms with Gasteiger partial charge in [-0.3, -0.25) is 4.79 Å². The molecule has 0 atom stereocenters. The lowest BCUT2D eigenvalue weighted by Crippen LogP contribution is -2.32. The second-order valence-electron chi connectivity index (χ2n) is 5.93. The molecule has 0 radical (unpaired) electrons. The second kappa shape index (κ2) is 8.50. The van der Waals surface area contributed by atoms with Gasteiger partial charge >= 0.3 is 0 Å². The summed E-state index contributed by atoms with van der Waals surface area (Å²) in [5, 5.41) is 0.491. The summed E-state index contributed by atoms with van der Waals surface area (Å²) in [6, 6.07) is 27.5. The van der Waals surface area contributed by atoms with Crippen molar-refractivity contribution in [3.05, 3.63) is 107 Å². The van der Waals surface area contributed by atoms with E-state index in [0.717, 1.165) is 12.0 Å². The van der Waals surface area contributed by atoms with Crippen LogP contribution >= 0.6 is 11.6 Å². The minimum Gasteiger partial charge on any atom is -0.334 e. The Morgan fingerprint density at radius 3 is 1.96 bits per heavy atom. The van der Waals surface area contributed by atoms with E-state index in [2.05, 4.69) is 12.1 Å². The summed E-state index contributed by atoms with van der Waals surface area (Å²) in [7, 11) is 0. The van der Waals surface area contributed by atoms with Gasteiger partial charge in [0.25, 0.3) is 5.91 Å². The van der Waals surface area contributed by atoms with Crippen molar-refractivity contribution in [3.63, 3.8) is 0 Å². The van der Waals surface area contributed by atoms with E-state index in [1.54, 1.807) is 12.1 Å². The van der Waals surface area contributed by atoms with E-state index in [9.17, 15) is 4.79 Å². The van der Waals surface area contributed by atoms with Gasteiger partial charge in [-0.05, 0) is 29.7 Å². The van der Waals surface area contributed by atoms with Crippen LogP contribution in [0.5, 0.6) is 0 Å². The van der Waals surface area contributed by atoms with Crippen LogP contribution in [0, 0.1) is 0 Å². The topological polar surface area (TPSA) is 20.3 Å². The summed E-state index contributed by atoms with van der Waals surface area (Å²) >= 11 is 6.24. The third kappa shape index (κ3) is 4.71. The molecule has 0 aliphatic carbocycles.